The first-order valence-electron chi connectivity index (χ1n) is 5.84. The largest absolute Gasteiger partial charge is 0.368 e. The molecule has 1 aromatic heterocycles. The number of hydrogen-bond donors (Lipinski definition) is 1. The molecule has 18 heavy (non-hydrogen) atoms. The van der Waals surface area contributed by atoms with Gasteiger partial charge in [-0.15, -0.1) is 11.3 Å². The Hall–Kier alpha value is -1.30. The van der Waals surface area contributed by atoms with Gasteiger partial charge < -0.3 is 10.1 Å². The van der Waals surface area contributed by atoms with Gasteiger partial charge in [0.2, 0.25) is 0 Å². The van der Waals surface area contributed by atoms with Gasteiger partial charge >= 0.3 is 0 Å². The van der Waals surface area contributed by atoms with Gasteiger partial charge in [0.15, 0.2) is 0 Å². The van der Waals surface area contributed by atoms with Gasteiger partial charge in [0, 0.05) is 24.0 Å². The van der Waals surface area contributed by atoms with Crippen molar-refractivity contribution in [2.75, 3.05) is 13.1 Å². The number of halogens is 1. The van der Waals surface area contributed by atoms with Gasteiger partial charge in [0.1, 0.15) is 10.8 Å². The molecule has 3 rings (SSSR count). The van der Waals surface area contributed by atoms with Crippen LogP contribution in [0.5, 0.6) is 0 Å². The lowest BCUT2D eigenvalue weighted by molar-refractivity contribution is 0.00754. The summed E-state index contributed by atoms with van der Waals surface area (Å²) in [5.74, 6) is -0.227. The summed E-state index contributed by atoms with van der Waals surface area (Å²) >= 11 is 1.57. The third kappa shape index (κ3) is 2.58. The quantitative estimate of drug-likeness (QED) is 0.921. The maximum absolute atomic E-state index is 12.8. The molecule has 1 aliphatic heterocycles. The SMILES string of the molecule is Fc1ccc(-c2csc(COC3CNC3)n2)cc1. The van der Waals surface area contributed by atoms with Gasteiger partial charge in [-0.05, 0) is 24.3 Å². The standard InChI is InChI=1S/C13H13FN2OS/c14-10-3-1-9(2-4-10)12-8-18-13(16-12)7-17-11-5-15-6-11/h1-4,8,11,15H,5-7H2. The van der Waals surface area contributed by atoms with Crippen molar-refractivity contribution in [3.8, 4) is 11.3 Å². The molecule has 1 aliphatic rings. The zero-order valence-electron chi connectivity index (χ0n) is 9.73. The molecule has 0 radical (unpaired) electrons. The van der Waals surface area contributed by atoms with Crippen LogP contribution in [0.25, 0.3) is 11.3 Å². The van der Waals surface area contributed by atoms with E-state index in [1.807, 2.05) is 5.38 Å². The van der Waals surface area contributed by atoms with E-state index in [-0.39, 0.29) is 5.82 Å². The Morgan fingerprint density at radius 1 is 1.33 bits per heavy atom. The molecule has 1 N–H and O–H groups in total. The van der Waals surface area contributed by atoms with Crippen molar-refractivity contribution in [2.24, 2.45) is 0 Å². The fourth-order valence-electron chi connectivity index (χ4n) is 1.70. The summed E-state index contributed by atoms with van der Waals surface area (Å²) in [7, 11) is 0. The molecule has 5 heteroatoms. The Kier molecular flexibility index (Phi) is 3.36. The molecule has 1 saturated heterocycles. The molecule has 3 nitrogen and oxygen atoms in total. The van der Waals surface area contributed by atoms with Gasteiger partial charge in [0.05, 0.1) is 18.4 Å². The maximum atomic E-state index is 12.8. The van der Waals surface area contributed by atoms with Crippen molar-refractivity contribution in [3.05, 3.63) is 40.5 Å². The smallest absolute Gasteiger partial charge is 0.123 e. The van der Waals surface area contributed by atoms with Crippen LogP contribution in [-0.2, 0) is 11.3 Å². The lowest BCUT2D eigenvalue weighted by Crippen LogP contribution is -2.48. The van der Waals surface area contributed by atoms with Crippen molar-refractivity contribution >= 4 is 11.3 Å². The van der Waals surface area contributed by atoms with Gasteiger partial charge in [-0.3, -0.25) is 0 Å². The molecule has 1 fully saturated rings. The topological polar surface area (TPSA) is 34.1 Å². The first-order chi connectivity index (χ1) is 8.81. The number of thiazole rings is 1. The van der Waals surface area contributed by atoms with Crippen molar-refractivity contribution in [1.29, 1.82) is 0 Å². The molecule has 1 aromatic carbocycles. The fraction of sp³-hybridized carbons (Fsp3) is 0.308. The number of ether oxygens (including phenoxy) is 1. The van der Waals surface area contributed by atoms with Crippen LogP contribution in [0.3, 0.4) is 0 Å². The van der Waals surface area contributed by atoms with E-state index in [0.29, 0.717) is 12.7 Å². The van der Waals surface area contributed by atoms with E-state index >= 15 is 0 Å². The highest BCUT2D eigenvalue weighted by atomic mass is 32.1. The van der Waals surface area contributed by atoms with E-state index in [2.05, 4.69) is 10.3 Å². The molecule has 0 spiro atoms. The van der Waals surface area contributed by atoms with Crippen LogP contribution in [0.15, 0.2) is 29.6 Å². The summed E-state index contributed by atoms with van der Waals surface area (Å²) in [4.78, 5) is 4.49. The highest BCUT2D eigenvalue weighted by Gasteiger charge is 2.17. The molecule has 0 aliphatic carbocycles. The average molecular weight is 264 g/mol. The van der Waals surface area contributed by atoms with Crippen molar-refractivity contribution in [3.63, 3.8) is 0 Å². The van der Waals surface area contributed by atoms with Gasteiger partial charge in [-0.25, -0.2) is 9.37 Å². The number of aromatic nitrogens is 1. The second kappa shape index (κ2) is 5.14. The average Bonchev–Trinajstić information content (AvgIpc) is 2.77. The fourth-order valence-corrected chi connectivity index (χ4v) is 2.42. The Balaban J connectivity index is 1.66. The highest BCUT2D eigenvalue weighted by Crippen LogP contribution is 2.22. The van der Waals surface area contributed by atoms with Crippen LogP contribution in [0.2, 0.25) is 0 Å². The van der Waals surface area contributed by atoms with Gasteiger partial charge in [-0.1, -0.05) is 0 Å². The Bertz CT molecular complexity index is 522. The summed E-state index contributed by atoms with van der Waals surface area (Å²) in [5.41, 5.74) is 1.81. The van der Waals surface area contributed by atoms with Crippen LogP contribution in [0.1, 0.15) is 5.01 Å². The lowest BCUT2D eigenvalue weighted by atomic mass is 10.2. The molecule has 2 heterocycles. The molecular weight excluding hydrogens is 251 g/mol. The minimum absolute atomic E-state index is 0.227. The number of hydrogen-bond acceptors (Lipinski definition) is 4. The van der Waals surface area contributed by atoms with E-state index in [1.54, 1.807) is 23.5 Å². The first kappa shape index (κ1) is 11.8. The first-order valence-corrected chi connectivity index (χ1v) is 6.72. The van der Waals surface area contributed by atoms with Crippen LogP contribution in [0, 0.1) is 5.82 Å². The molecule has 0 bridgehead atoms. The van der Waals surface area contributed by atoms with E-state index in [0.717, 1.165) is 29.4 Å². The molecule has 2 aromatic rings. The van der Waals surface area contributed by atoms with Crippen LogP contribution >= 0.6 is 11.3 Å². The van der Waals surface area contributed by atoms with E-state index in [4.69, 9.17) is 4.74 Å². The third-order valence-corrected chi connectivity index (χ3v) is 3.70. The Morgan fingerprint density at radius 3 is 2.78 bits per heavy atom. The van der Waals surface area contributed by atoms with E-state index in [9.17, 15) is 4.39 Å². The van der Waals surface area contributed by atoms with Crippen molar-refractivity contribution in [1.82, 2.24) is 10.3 Å². The predicted octanol–water partition coefficient (Wildman–Crippen LogP) is 2.44. The number of benzene rings is 1. The summed E-state index contributed by atoms with van der Waals surface area (Å²) in [6, 6.07) is 6.38. The van der Waals surface area contributed by atoms with Gasteiger partial charge in [-0.2, -0.15) is 0 Å². The minimum Gasteiger partial charge on any atom is -0.368 e. The van der Waals surface area contributed by atoms with E-state index < -0.39 is 0 Å². The number of nitrogens with zero attached hydrogens (tertiary/aromatic N) is 1. The summed E-state index contributed by atoms with van der Waals surface area (Å²) < 4.78 is 18.5. The zero-order valence-corrected chi connectivity index (χ0v) is 10.5. The lowest BCUT2D eigenvalue weighted by Gasteiger charge is -2.26. The number of rotatable bonds is 4. The molecular formula is C13H13FN2OS. The van der Waals surface area contributed by atoms with Crippen LogP contribution < -0.4 is 5.32 Å². The van der Waals surface area contributed by atoms with Crippen molar-refractivity contribution < 1.29 is 9.13 Å². The summed E-state index contributed by atoms with van der Waals surface area (Å²) in [6.07, 6.45) is 0.322. The van der Waals surface area contributed by atoms with E-state index in [1.165, 1.54) is 12.1 Å². The maximum Gasteiger partial charge on any atom is 0.123 e. The van der Waals surface area contributed by atoms with Crippen LogP contribution in [0.4, 0.5) is 4.39 Å². The molecule has 0 saturated carbocycles. The van der Waals surface area contributed by atoms with Crippen LogP contribution in [-0.4, -0.2) is 24.2 Å². The van der Waals surface area contributed by atoms with Crippen molar-refractivity contribution in [2.45, 2.75) is 12.7 Å². The monoisotopic (exact) mass is 264 g/mol. The zero-order chi connectivity index (χ0) is 12.4. The molecule has 0 amide bonds. The Labute approximate surface area is 109 Å². The second-order valence-electron chi connectivity index (χ2n) is 4.22. The second-order valence-corrected chi connectivity index (χ2v) is 5.17. The summed E-state index contributed by atoms with van der Waals surface area (Å²) in [5, 5.41) is 6.09. The normalized spacial score (nSPS) is 15.6. The molecule has 94 valence electrons. The van der Waals surface area contributed by atoms with Gasteiger partial charge in [0.25, 0.3) is 0 Å². The number of nitrogens with one attached hydrogen (secondary N) is 1. The molecule has 0 atom stereocenters. The third-order valence-electron chi connectivity index (χ3n) is 2.88. The summed E-state index contributed by atoms with van der Waals surface area (Å²) in [6.45, 7) is 2.41. The minimum atomic E-state index is -0.227. The predicted molar refractivity (Wildman–Crippen MR) is 69.0 cm³/mol. The highest BCUT2D eigenvalue weighted by molar-refractivity contribution is 7.09. The Morgan fingerprint density at radius 2 is 2.11 bits per heavy atom. The molecule has 0 unspecified atom stereocenters.